The van der Waals surface area contributed by atoms with E-state index in [0.29, 0.717) is 47.8 Å². The lowest BCUT2D eigenvalue weighted by atomic mass is 9.90. The van der Waals surface area contributed by atoms with E-state index in [1.807, 2.05) is 0 Å². The molecule has 0 aliphatic carbocycles. The lowest BCUT2D eigenvalue weighted by molar-refractivity contribution is -0.137. The number of carbonyl (C=O) groups excluding carboxylic acids is 2. The Balaban J connectivity index is 1.22. The second-order valence-electron chi connectivity index (χ2n) is 8.88. The van der Waals surface area contributed by atoms with Crippen molar-refractivity contribution in [3.05, 3.63) is 76.2 Å². The van der Waals surface area contributed by atoms with Crippen LogP contribution < -0.4 is 10.6 Å². The maximum atomic E-state index is 13.1. The quantitative estimate of drug-likeness (QED) is 0.503. The van der Waals surface area contributed by atoms with Crippen LogP contribution in [0.15, 0.2) is 60.1 Å². The number of thiazole rings is 1. The molecule has 0 saturated carbocycles. The molecule has 2 aliphatic heterocycles. The standard InChI is InChI=1S/C25H23F3N4O2S/c26-25(27,28)19-3-1-2-18(12-19)16-4-6-17(7-5-16)23(34)32-13-20(14-32)31-24(8-9-29-15-24)21(33)22-30-10-11-35-22/h1-7,10-12,20,29,31H,8-9,13-15H2/t24-/m0/s1. The van der Waals surface area contributed by atoms with Crippen molar-refractivity contribution in [2.24, 2.45) is 0 Å². The molecule has 0 radical (unpaired) electrons. The van der Waals surface area contributed by atoms with E-state index in [-0.39, 0.29) is 17.7 Å². The van der Waals surface area contributed by atoms with Crippen molar-refractivity contribution in [2.75, 3.05) is 26.2 Å². The van der Waals surface area contributed by atoms with Gasteiger partial charge in [-0.1, -0.05) is 24.3 Å². The fraction of sp³-hybridized carbons (Fsp3) is 0.320. The average molecular weight is 501 g/mol. The monoisotopic (exact) mass is 500 g/mol. The number of rotatable bonds is 6. The first-order valence-electron chi connectivity index (χ1n) is 11.2. The van der Waals surface area contributed by atoms with Crippen LogP contribution in [0, 0.1) is 0 Å². The molecular weight excluding hydrogens is 477 g/mol. The van der Waals surface area contributed by atoms with Crippen LogP contribution in [0.2, 0.25) is 0 Å². The first kappa shape index (κ1) is 23.7. The molecular formula is C25H23F3N4O2S. The number of likely N-dealkylation sites (tertiary alicyclic amines) is 1. The number of halogens is 3. The Labute approximate surface area is 204 Å². The predicted molar refractivity (Wildman–Crippen MR) is 126 cm³/mol. The summed E-state index contributed by atoms with van der Waals surface area (Å²) in [5.74, 6) is -0.170. The highest BCUT2D eigenvalue weighted by Crippen LogP contribution is 2.32. The van der Waals surface area contributed by atoms with Gasteiger partial charge in [0.25, 0.3) is 5.91 Å². The summed E-state index contributed by atoms with van der Waals surface area (Å²) >= 11 is 1.32. The molecule has 1 aromatic heterocycles. The largest absolute Gasteiger partial charge is 0.416 e. The zero-order chi connectivity index (χ0) is 24.6. The lowest BCUT2D eigenvalue weighted by Gasteiger charge is -2.44. The molecule has 2 fully saturated rings. The van der Waals surface area contributed by atoms with Gasteiger partial charge in [0.2, 0.25) is 5.78 Å². The van der Waals surface area contributed by atoms with Crippen molar-refractivity contribution in [2.45, 2.75) is 24.2 Å². The van der Waals surface area contributed by atoms with Gasteiger partial charge in [0, 0.05) is 42.8 Å². The molecule has 0 bridgehead atoms. The van der Waals surface area contributed by atoms with E-state index in [2.05, 4.69) is 15.6 Å². The van der Waals surface area contributed by atoms with E-state index in [4.69, 9.17) is 0 Å². The highest BCUT2D eigenvalue weighted by atomic mass is 32.1. The summed E-state index contributed by atoms with van der Waals surface area (Å²) in [6.07, 6.45) is -2.13. The molecule has 0 unspecified atom stereocenters. The lowest BCUT2D eigenvalue weighted by Crippen LogP contribution is -2.67. The minimum atomic E-state index is -4.41. The summed E-state index contributed by atoms with van der Waals surface area (Å²) in [5, 5.41) is 8.98. The summed E-state index contributed by atoms with van der Waals surface area (Å²) in [4.78, 5) is 31.8. The van der Waals surface area contributed by atoms with Crippen molar-refractivity contribution in [3.63, 3.8) is 0 Å². The Hall–Kier alpha value is -3.08. The van der Waals surface area contributed by atoms with Crippen LogP contribution >= 0.6 is 11.3 Å². The van der Waals surface area contributed by atoms with Crippen LogP contribution in [0.25, 0.3) is 11.1 Å². The van der Waals surface area contributed by atoms with Gasteiger partial charge in [-0.05, 0) is 48.4 Å². The van der Waals surface area contributed by atoms with Crippen LogP contribution in [0.1, 0.15) is 32.1 Å². The Morgan fingerprint density at radius 3 is 2.51 bits per heavy atom. The van der Waals surface area contributed by atoms with Gasteiger partial charge in [-0.2, -0.15) is 13.2 Å². The second kappa shape index (κ2) is 9.18. The number of hydrogen-bond donors (Lipinski definition) is 2. The van der Waals surface area contributed by atoms with Gasteiger partial charge < -0.3 is 10.2 Å². The average Bonchev–Trinajstić information content (AvgIpc) is 3.53. The fourth-order valence-electron chi connectivity index (χ4n) is 4.60. The molecule has 0 spiro atoms. The third-order valence-electron chi connectivity index (χ3n) is 6.52. The maximum absolute atomic E-state index is 13.1. The summed E-state index contributed by atoms with van der Waals surface area (Å²) < 4.78 is 39.0. The first-order chi connectivity index (χ1) is 16.7. The van der Waals surface area contributed by atoms with Gasteiger partial charge in [-0.15, -0.1) is 11.3 Å². The third-order valence-corrected chi connectivity index (χ3v) is 7.29. The van der Waals surface area contributed by atoms with E-state index < -0.39 is 17.3 Å². The molecule has 182 valence electrons. The van der Waals surface area contributed by atoms with Crippen LogP contribution in [0.4, 0.5) is 13.2 Å². The molecule has 2 aromatic carbocycles. The SMILES string of the molecule is O=C(c1ccc(-c2cccc(C(F)(F)F)c2)cc1)N1CC(N[C@@]2(C(=O)c3nccs3)CCNC2)C1. The number of alkyl halides is 3. The Kier molecular flexibility index (Phi) is 6.20. The van der Waals surface area contributed by atoms with Gasteiger partial charge in [0.1, 0.15) is 0 Å². The minimum Gasteiger partial charge on any atom is -0.335 e. The van der Waals surface area contributed by atoms with E-state index in [1.54, 1.807) is 46.8 Å². The summed E-state index contributed by atoms with van der Waals surface area (Å²) in [6.45, 7) is 2.20. The van der Waals surface area contributed by atoms with Crippen LogP contribution in [-0.4, -0.2) is 59.3 Å². The zero-order valence-corrected chi connectivity index (χ0v) is 19.5. The summed E-state index contributed by atoms with van der Waals surface area (Å²) in [6, 6.07) is 11.7. The molecule has 35 heavy (non-hydrogen) atoms. The van der Waals surface area contributed by atoms with Crippen molar-refractivity contribution < 1.29 is 22.8 Å². The molecule has 5 rings (SSSR count). The topological polar surface area (TPSA) is 74.3 Å². The number of amides is 1. The highest BCUT2D eigenvalue weighted by molar-refractivity contribution is 7.11. The third kappa shape index (κ3) is 4.73. The predicted octanol–water partition coefficient (Wildman–Crippen LogP) is 3.86. The second-order valence-corrected chi connectivity index (χ2v) is 9.78. The molecule has 1 amide bonds. The Morgan fingerprint density at radius 1 is 1.11 bits per heavy atom. The number of benzene rings is 2. The molecule has 2 aliphatic rings. The van der Waals surface area contributed by atoms with Crippen molar-refractivity contribution in [1.29, 1.82) is 0 Å². The molecule has 6 nitrogen and oxygen atoms in total. The molecule has 3 aromatic rings. The van der Waals surface area contributed by atoms with E-state index in [9.17, 15) is 22.8 Å². The summed E-state index contributed by atoms with van der Waals surface area (Å²) in [5.41, 5.74) is 0.0808. The van der Waals surface area contributed by atoms with Gasteiger partial charge >= 0.3 is 6.18 Å². The molecule has 2 saturated heterocycles. The molecule has 3 heterocycles. The number of carbonyl (C=O) groups is 2. The van der Waals surface area contributed by atoms with Crippen molar-refractivity contribution in [1.82, 2.24) is 20.5 Å². The number of nitrogens with one attached hydrogen (secondary N) is 2. The number of ketones is 1. The number of hydrogen-bond acceptors (Lipinski definition) is 6. The smallest absolute Gasteiger partial charge is 0.335 e. The van der Waals surface area contributed by atoms with Gasteiger partial charge in [-0.3, -0.25) is 14.9 Å². The molecule has 2 N–H and O–H groups in total. The highest BCUT2D eigenvalue weighted by Gasteiger charge is 2.46. The van der Waals surface area contributed by atoms with Crippen LogP contribution in [0.5, 0.6) is 0 Å². The Morgan fingerprint density at radius 2 is 1.89 bits per heavy atom. The molecule has 1 atom stereocenters. The normalized spacial score (nSPS) is 20.6. The van der Waals surface area contributed by atoms with Crippen molar-refractivity contribution in [3.8, 4) is 11.1 Å². The van der Waals surface area contributed by atoms with E-state index in [1.165, 1.54) is 17.4 Å². The van der Waals surface area contributed by atoms with Crippen molar-refractivity contribution >= 4 is 23.0 Å². The molecule has 10 heteroatoms. The first-order valence-corrected chi connectivity index (χ1v) is 12.1. The fourth-order valence-corrected chi connectivity index (χ4v) is 5.28. The van der Waals surface area contributed by atoms with Gasteiger partial charge in [0.05, 0.1) is 11.1 Å². The van der Waals surface area contributed by atoms with Gasteiger partial charge in [-0.25, -0.2) is 4.98 Å². The van der Waals surface area contributed by atoms with E-state index >= 15 is 0 Å². The van der Waals surface area contributed by atoms with E-state index in [0.717, 1.165) is 18.7 Å². The summed E-state index contributed by atoms with van der Waals surface area (Å²) in [7, 11) is 0. The van der Waals surface area contributed by atoms with Crippen LogP contribution in [0.3, 0.4) is 0 Å². The number of Topliss-reactive ketones (excluding diaryl/α,β-unsaturated/α-hetero) is 1. The maximum Gasteiger partial charge on any atom is 0.416 e. The van der Waals surface area contributed by atoms with Gasteiger partial charge in [0.15, 0.2) is 5.01 Å². The minimum absolute atomic E-state index is 0.00727. The zero-order valence-electron chi connectivity index (χ0n) is 18.6. The Bertz CT molecular complexity index is 1220. The number of nitrogens with zero attached hydrogens (tertiary/aromatic N) is 2. The van der Waals surface area contributed by atoms with Crippen LogP contribution in [-0.2, 0) is 6.18 Å². The number of aromatic nitrogens is 1.